The van der Waals surface area contributed by atoms with E-state index in [2.05, 4.69) is 38.0 Å². The second kappa shape index (κ2) is 8.16. The molecule has 0 fully saturated rings. The number of hydrogen-bond donors (Lipinski definition) is 0. The summed E-state index contributed by atoms with van der Waals surface area (Å²) in [7, 11) is 0. The number of rotatable bonds is 9. The predicted molar refractivity (Wildman–Crippen MR) is 87.9 cm³/mol. The van der Waals surface area contributed by atoms with Crippen LogP contribution < -0.4 is 0 Å². The Morgan fingerprint density at radius 2 is 1.09 bits per heavy atom. The molecule has 0 atom stereocenters. The zero-order chi connectivity index (χ0) is 15.9. The first-order valence-electron chi connectivity index (χ1n) is 8.59. The third-order valence-electron chi connectivity index (χ3n) is 4.28. The summed E-state index contributed by atoms with van der Waals surface area (Å²) >= 11 is 0. The second-order valence-electron chi connectivity index (χ2n) is 6.07. The van der Waals surface area contributed by atoms with E-state index in [9.17, 15) is 0 Å². The maximum atomic E-state index is 5.53. The molecule has 0 aliphatic heterocycles. The highest BCUT2D eigenvalue weighted by Gasteiger charge is 2.20. The molecule has 122 valence electrons. The van der Waals surface area contributed by atoms with Crippen molar-refractivity contribution in [2.24, 2.45) is 0 Å². The van der Waals surface area contributed by atoms with E-state index in [1.807, 2.05) is 0 Å². The highest BCUT2D eigenvalue weighted by Crippen LogP contribution is 2.29. The lowest BCUT2D eigenvalue weighted by molar-refractivity contribution is 0.373. The summed E-state index contributed by atoms with van der Waals surface area (Å²) in [4.78, 5) is 0. The molecule has 22 heavy (non-hydrogen) atoms. The topological polar surface area (TPSA) is 52.1 Å². The van der Waals surface area contributed by atoms with Crippen LogP contribution in [0.4, 0.5) is 0 Å². The normalized spacial score (nSPS) is 11.3. The molecule has 2 rings (SSSR count). The first-order chi connectivity index (χ1) is 10.7. The summed E-state index contributed by atoms with van der Waals surface area (Å²) < 4.78 is 11.1. The Labute approximate surface area is 133 Å². The summed E-state index contributed by atoms with van der Waals surface area (Å²) in [6.07, 6.45) is 9.06. The van der Waals surface area contributed by atoms with Gasteiger partial charge in [0.2, 0.25) is 0 Å². The van der Waals surface area contributed by atoms with Gasteiger partial charge >= 0.3 is 0 Å². The fraction of sp³-hybridized carbons (Fsp3) is 0.667. The van der Waals surface area contributed by atoms with Gasteiger partial charge < -0.3 is 9.05 Å². The standard InChI is InChI=1S/C18H28N2O2/c1-5-7-9-11-15-13(3)17(19-21-15)18-14(4)16(22-20-18)12-10-8-6-2/h5-12H2,1-4H3. The zero-order valence-electron chi connectivity index (χ0n) is 14.4. The van der Waals surface area contributed by atoms with Crippen LogP contribution in [0.25, 0.3) is 11.4 Å². The van der Waals surface area contributed by atoms with Crippen molar-refractivity contribution in [3.8, 4) is 11.4 Å². The van der Waals surface area contributed by atoms with Crippen LogP contribution in [0, 0.1) is 13.8 Å². The van der Waals surface area contributed by atoms with Crippen LogP contribution in [0.15, 0.2) is 9.05 Å². The van der Waals surface area contributed by atoms with E-state index in [1.54, 1.807) is 0 Å². The molecule has 2 aromatic heterocycles. The molecule has 4 heteroatoms. The van der Waals surface area contributed by atoms with Crippen LogP contribution in [0.3, 0.4) is 0 Å². The molecule has 0 aliphatic rings. The summed E-state index contributed by atoms with van der Waals surface area (Å²) in [6.45, 7) is 8.55. The Hall–Kier alpha value is -1.58. The Bertz CT molecular complexity index is 532. The van der Waals surface area contributed by atoms with Crippen LogP contribution in [0.1, 0.15) is 75.0 Å². The predicted octanol–water partition coefficient (Wildman–Crippen LogP) is 5.41. The molecule has 0 amide bonds. The third-order valence-corrected chi connectivity index (χ3v) is 4.28. The van der Waals surface area contributed by atoms with Gasteiger partial charge in [-0.2, -0.15) is 0 Å². The van der Waals surface area contributed by atoms with Gasteiger partial charge in [0.05, 0.1) is 0 Å². The maximum Gasteiger partial charge on any atom is 0.140 e. The fourth-order valence-corrected chi connectivity index (χ4v) is 2.72. The van der Waals surface area contributed by atoms with E-state index < -0.39 is 0 Å². The van der Waals surface area contributed by atoms with Gasteiger partial charge in [-0.1, -0.05) is 49.8 Å². The van der Waals surface area contributed by atoms with Crippen molar-refractivity contribution < 1.29 is 9.05 Å². The Morgan fingerprint density at radius 3 is 1.45 bits per heavy atom. The van der Waals surface area contributed by atoms with E-state index in [1.165, 1.54) is 25.7 Å². The van der Waals surface area contributed by atoms with Gasteiger partial charge in [0.1, 0.15) is 22.9 Å². The number of hydrogen-bond acceptors (Lipinski definition) is 4. The number of unbranched alkanes of at least 4 members (excludes halogenated alkanes) is 4. The van der Waals surface area contributed by atoms with Crippen molar-refractivity contribution in [2.45, 2.75) is 79.1 Å². The average Bonchev–Trinajstić information content (AvgIpc) is 3.04. The van der Waals surface area contributed by atoms with Crippen LogP contribution in [0.2, 0.25) is 0 Å². The maximum absolute atomic E-state index is 5.53. The third kappa shape index (κ3) is 3.79. The molecular formula is C18H28N2O2. The van der Waals surface area contributed by atoms with E-state index in [4.69, 9.17) is 9.05 Å². The largest absolute Gasteiger partial charge is 0.360 e. The SMILES string of the molecule is CCCCCc1onc(-c2noc(CCCCC)c2C)c1C. The van der Waals surface area contributed by atoms with Crippen molar-refractivity contribution in [1.29, 1.82) is 0 Å². The lowest BCUT2D eigenvalue weighted by atomic mass is 10.0. The number of aromatic nitrogens is 2. The zero-order valence-corrected chi connectivity index (χ0v) is 14.4. The lowest BCUT2D eigenvalue weighted by Gasteiger charge is -1.98. The molecule has 0 aromatic carbocycles. The highest BCUT2D eigenvalue weighted by molar-refractivity contribution is 5.62. The quantitative estimate of drug-likeness (QED) is 0.581. The summed E-state index contributed by atoms with van der Waals surface area (Å²) in [5.74, 6) is 1.97. The molecule has 0 unspecified atom stereocenters. The van der Waals surface area contributed by atoms with Crippen LogP contribution >= 0.6 is 0 Å². The second-order valence-corrected chi connectivity index (χ2v) is 6.07. The minimum Gasteiger partial charge on any atom is -0.360 e. The smallest absolute Gasteiger partial charge is 0.140 e. The van der Waals surface area contributed by atoms with Gasteiger partial charge in [-0.3, -0.25) is 0 Å². The van der Waals surface area contributed by atoms with Gasteiger partial charge in [-0.05, 0) is 26.7 Å². The summed E-state index contributed by atoms with van der Waals surface area (Å²) in [5.41, 5.74) is 3.89. The Morgan fingerprint density at radius 1 is 0.682 bits per heavy atom. The minimum absolute atomic E-state index is 0.842. The average molecular weight is 304 g/mol. The molecule has 0 aliphatic carbocycles. The first kappa shape index (κ1) is 16.8. The minimum atomic E-state index is 0.842. The lowest BCUT2D eigenvalue weighted by Crippen LogP contribution is -1.89. The fourth-order valence-electron chi connectivity index (χ4n) is 2.72. The molecular weight excluding hydrogens is 276 g/mol. The van der Waals surface area contributed by atoms with Crippen molar-refractivity contribution in [2.75, 3.05) is 0 Å². The van der Waals surface area contributed by atoms with E-state index in [-0.39, 0.29) is 0 Å². The number of nitrogens with zero attached hydrogens (tertiary/aromatic N) is 2. The molecule has 2 heterocycles. The molecule has 0 radical (unpaired) electrons. The van der Waals surface area contributed by atoms with Crippen molar-refractivity contribution in [3.05, 3.63) is 22.6 Å². The van der Waals surface area contributed by atoms with Crippen molar-refractivity contribution in [1.82, 2.24) is 10.3 Å². The molecule has 0 saturated carbocycles. The van der Waals surface area contributed by atoms with E-state index >= 15 is 0 Å². The van der Waals surface area contributed by atoms with Gasteiger partial charge in [0, 0.05) is 24.0 Å². The summed E-state index contributed by atoms with van der Waals surface area (Å²) in [5, 5.41) is 8.48. The molecule has 0 saturated heterocycles. The monoisotopic (exact) mass is 304 g/mol. The Balaban J connectivity index is 2.11. The van der Waals surface area contributed by atoms with Crippen molar-refractivity contribution >= 4 is 0 Å². The van der Waals surface area contributed by atoms with Crippen LogP contribution in [-0.2, 0) is 12.8 Å². The van der Waals surface area contributed by atoms with Gasteiger partial charge in [0.15, 0.2) is 0 Å². The van der Waals surface area contributed by atoms with Gasteiger partial charge in [-0.25, -0.2) is 0 Å². The molecule has 0 bridgehead atoms. The first-order valence-corrected chi connectivity index (χ1v) is 8.59. The molecule has 0 N–H and O–H groups in total. The molecule has 0 spiro atoms. The Kier molecular flexibility index (Phi) is 6.22. The van der Waals surface area contributed by atoms with Gasteiger partial charge in [-0.15, -0.1) is 0 Å². The van der Waals surface area contributed by atoms with Gasteiger partial charge in [0.25, 0.3) is 0 Å². The van der Waals surface area contributed by atoms with Crippen LogP contribution in [-0.4, -0.2) is 10.3 Å². The summed E-state index contributed by atoms with van der Waals surface area (Å²) in [6, 6.07) is 0. The van der Waals surface area contributed by atoms with Crippen LogP contribution in [0.5, 0.6) is 0 Å². The molecule has 2 aromatic rings. The number of aryl methyl sites for hydroxylation is 2. The molecule has 4 nitrogen and oxygen atoms in total. The van der Waals surface area contributed by atoms with Crippen molar-refractivity contribution in [3.63, 3.8) is 0 Å². The van der Waals surface area contributed by atoms with E-state index in [0.29, 0.717) is 0 Å². The van der Waals surface area contributed by atoms with E-state index in [0.717, 1.165) is 59.7 Å². The highest BCUT2D eigenvalue weighted by atomic mass is 16.5.